The second-order valence-electron chi connectivity index (χ2n) is 6.44. The molecule has 0 saturated heterocycles. The fraction of sp³-hybridized carbons (Fsp3) is 0.300. The van der Waals surface area contributed by atoms with Gasteiger partial charge in [-0.2, -0.15) is 0 Å². The van der Waals surface area contributed by atoms with Gasteiger partial charge < -0.3 is 4.74 Å². The minimum absolute atomic E-state index is 0.263. The lowest BCUT2D eigenvalue weighted by Gasteiger charge is -2.18. The van der Waals surface area contributed by atoms with Crippen LogP contribution >= 0.6 is 27.7 Å². The van der Waals surface area contributed by atoms with E-state index in [1.54, 1.807) is 0 Å². The molecular formula is C20H21BrN4O3S. The Kier molecular flexibility index (Phi) is 6.92. The normalized spacial score (nSPS) is 12.0. The highest BCUT2D eigenvalue weighted by Gasteiger charge is 2.26. The van der Waals surface area contributed by atoms with Gasteiger partial charge in [0.2, 0.25) is 6.54 Å². The Morgan fingerprint density at radius 2 is 1.93 bits per heavy atom. The van der Waals surface area contributed by atoms with Crippen LogP contribution in [0.4, 0.5) is 0 Å². The number of benzene rings is 2. The van der Waals surface area contributed by atoms with E-state index < -0.39 is 5.25 Å². The SMILES string of the molecule is CCOc1ccc(Br)cc1[C@@H](C[N+](=O)[O-])Sc1nnc(C)n1-c1ccc(C)cc1. The van der Waals surface area contributed by atoms with Crippen LogP contribution in [0.25, 0.3) is 5.69 Å². The maximum atomic E-state index is 11.4. The Labute approximate surface area is 181 Å². The molecule has 3 rings (SSSR count). The number of hydrogen-bond acceptors (Lipinski definition) is 6. The van der Waals surface area contributed by atoms with Crippen LogP contribution in [0.15, 0.2) is 52.1 Å². The number of thioether (sulfide) groups is 1. The van der Waals surface area contributed by atoms with Crippen molar-refractivity contribution in [3.05, 3.63) is 74.0 Å². The molecule has 0 amide bonds. The van der Waals surface area contributed by atoms with E-state index in [-0.39, 0.29) is 11.5 Å². The maximum Gasteiger partial charge on any atom is 0.220 e. The van der Waals surface area contributed by atoms with E-state index in [4.69, 9.17) is 4.74 Å². The predicted molar refractivity (Wildman–Crippen MR) is 117 cm³/mol. The second kappa shape index (κ2) is 9.41. The van der Waals surface area contributed by atoms with E-state index in [0.29, 0.717) is 17.5 Å². The Morgan fingerprint density at radius 3 is 2.59 bits per heavy atom. The van der Waals surface area contributed by atoms with E-state index >= 15 is 0 Å². The number of ether oxygens (including phenoxy) is 1. The zero-order valence-corrected chi connectivity index (χ0v) is 18.7. The van der Waals surface area contributed by atoms with Crippen molar-refractivity contribution in [2.75, 3.05) is 13.2 Å². The van der Waals surface area contributed by atoms with E-state index in [1.807, 2.05) is 67.8 Å². The number of aryl methyl sites for hydroxylation is 2. The number of rotatable bonds is 8. The molecule has 0 fully saturated rings. The Balaban J connectivity index is 2.02. The molecule has 0 aliphatic heterocycles. The quantitative estimate of drug-likeness (QED) is 0.253. The zero-order valence-electron chi connectivity index (χ0n) is 16.3. The van der Waals surface area contributed by atoms with Crippen molar-refractivity contribution >= 4 is 27.7 Å². The van der Waals surface area contributed by atoms with Gasteiger partial charge in [-0.3, -0.25) is 14.7 Å². The van der Waals surface area contributed by atoms with Crippen molar-refractivity contribution in [2.45, 2.75) is 31.2 Å². The van der Waals surface area contributed by atoms with Gasteiger partial charge in [0.1, 0.15) is 16.8 Å². The van der Waals surface area contributed by atoms with E-state index in [9.17, 15) is 10.1 Å². The van der Waals surface area contributed by atoms with Gasteiger partial charge in [0.25, 0.3) is 0 Å². The topological polar surface area (TPSA) is 83.1 Å². The Hall–Kier alpha value is -2.39. The number of nitrogens with zero attached hydrogens (tertiary/aromatic N) is 4. The molecule has 1 aromatic heterocycles. The average molecular weight is 477 g/mol. The molecule has 9 heteroatoms. The molecule has 0 bridgehead atoms. The fourth-order valence-corrected chi connectivity index (χ4v) is 4.50. The fourth-order valence-electron chi connectivity index (χ4n) is 2.93. The largest absolute Gasteiger partial charge is 0.494 e. The first-order valence-corrected chi connectivity index (χ1v) is 10.8. The molecular weight excluding hydrogens is 456 g/mol. The molecule has 0 radical (unpaired) electrons. The highest BCUT2D eigenvalue weighted by molar-refractivity contribution is 9.10. The first-order chi connectivity index (χ1) is 13.9. The standard InChI is InChI=1S/C20H21BrN4O3S/c1-4-28-18-10-7-15(21)11-17(18)19(12-24(26)27)29-20-23-22-14(3)25(20)16-8-5-13(2)6-9-16/h5-11,19H,4,12H2,1-3H3/t19-/m1/s1. The number of hydrogen-bond donors (Lipinski definition) is 0. The van der Waals surface area contributed by atoms with Gasteiger partial charge in [-0.25, -0.2) is 0 Å². The van der Waals surface area contributed by atoms with Crippen LogP contribution in [0.5, 0.6) is 5.75 Å². The molecule has 152 valence electrons. The van der Waals surface area contributed by atoms with E-state index in [0.717, 1.165) is 27.1 Å². The highest BCUT2D eigenvalue weighted by atomic mass is 79.9. The van der Waals surface area contributed by atoms with E-state index in [2.05, 4.69) is 26.1 Å². The lowest BCUT2D eigenvalue weighted by molar-refractivity contribution is -0.479. The van der Waals surface area contributed by atoms with Gasteiger partial charge in [-0.15, -0.1) is 10.2 Å². The smallest absolute Gasteiger partial charge is 0.220 e. The van der Waals surface area contributed by atoms with Gasteiger partial charge >= 0.3 is 0 Å². The van der Waals surface area contributed by atoms with Crippen molar-refractivity contribution in [1.29, 1.82) is 0 Å². The summed E-state index contributed by atoms with van der Waals surface area (Å²) in [5.74, 6) is 1.35. The third-order valence-electron chi connectivity index (χ3n) is 4.27. The lowest BCUT2D eigenvalue weighted by atomic mass is 10.1. The van der Waals surface area contributed by atoms with Crippen LogP contribution in [0, 0.1) is 24.0 Å². The van der Waals surface area contributed by atoms with Gasteiger partial charge in [0.05, 0.1) is 6.61 Å². The van der Waals surface area contributed by atoms with Crippen LogP contribution in [-0.2, 0) is 0 Å². The number of halogens is 1. The monoisotopic (exact) mass is 476 g/mol. The number of nitro groups is 1. The molecule has 0 spiro atoms. The summed E-state index contributed by atoms with van der Waals surface area (Å²) in [5, 5.41) is 20.0. The van der Waals surface area contributed by atoms with Crippen LogP contribution in [0.2, 0.25) is 0 Å². The molecule has 1 heterocycles. The summed E-state index contributed by atoms with van der Waals surface area (Å²) in [5.41, 5.74) is 2.81. The molecule has 1 atom stereocenters. The zero-order chi connectivity index (χ0) is 21.0. The summed E-state index contributed by atoms with van der Waals surface area (Å²) in [6, 6.07) is 13.6. The van der Waals surface area contributed by atoms with Gasteiger partial charge in [0, 0.05) is 20.6 Å². The van der Waals surface area contributed by atoms with Crippen molar-refractivity contribution in [2.24, 2.45) is 0 Å². The van der Waals surface area contributed by atoms with Gasteiger partial charge in [0.15, 0.2) is 5.16 Å². The Bertz CT molecular complexity index is 1010. The Morgan fingerprint density at radius 1 is 1.21 bits per heavy atom. The molecule has 0 aliphatic rings. The molecule has 29 heavy (non-hydrogen) atoms. The third-order valence-corrected chi connectivity index (χ3v) is 5.92. The maximum absolute atomic E-state index is 11.4. The van der Waals surface area contributed by atoms with Crippen LogP contribution in [0.1, 0.15) is 29.1 Å². The summed E-state index contributed by atoms with van der Waals surface area (Å²) in [6.07, 6.45) is 0. The lowest BCUT2D eigenvalue weighted by Crippen LogP contribution is -2.12. The molecule has 0 aliphatic carbocycles. The molecule has 2 aromatic carbocycles. The van der Waals surface area contributed by atoms with Crippen molar-refractivity contribution < 1.29 is 9.66 Å². The minimum atomic E-state index is -0.489. The van der Waals surface area contributed by atoms with Crippen LogP contribution in [0.3, 0.4) is 0 Å². The van der Waals surface area contributed by atoms with Gasteiger partial charge in [-0.05, 0) is 51.1 Å². The first-order valence-electron chi connectivity index (χ1n) is 9.08. The van der Waals surface area contributed by atoms with Crippen molar-refractivity contribution in [1.82, 2.24) is 14.8 Å². The molecule has 7 nitrogen and oxygen atoms in total. The third kappa shape index (κ3) is 5.16. The number of aromatic nitrogens is 3. The summed E-state index contributed by atoms with van der Waals surface area (Å²) in [6.45, 7) is 5.99. The molecule has 3 aromatic rings. The molecule has 0 unspecified atom stereocenters. The summed E-state index contributed by atoms with van der Waals surface area (Å²) >= 11 is 4.77. The molecule has 0 saturated carbocycles. The summed E-state index contributed by atoms with van der Waals surface area (Å²) in [4.78, 5) is 11.1. The molecule has 0 N–H and O–H groups in total. The minimum Gasteiger partial charge on any atom is -0.494 e. The van der Waals surface area contributed by atoms with Gasteiger partial charge in [-0.1, -0.05) is 45.4 Å². The van der Waals surface area contributed by atoms with Crippen LogP contribution < -0.4 is 4.74 Å². The summed E-state index contributed by atoms with van der Waals surface area (Å²) < 4.78 is 8.47. The predicted octanol–water partition coefficient (Wildman–Crippen LogP) is 5.16. The highest BCUT2D eigenvalue weighted by Crippen LogP contribution is 2.41. The summed E-state index contributed by atoms with van der Waals surface area (Å²) in [7, 11) is 0. The van der Waals surface area contributed by atoms with Crippen molar-refractivity contribution in [3.63, 3.8) is 0 Å². The first kappa shape index (κ1) is 21.3. The average Bonchev–Trinajstić information content (AvgIpc) is 3.03. The van der Waals surface area contributed by atoms with Crippen LogP contribution in [-0.4, -0.2) is 32.8 Å². The van der Waals surface area contributed by atoms with Crippen molar-refractivity contribution in [3.8, 4) is 11.4 Å². The second-order valence-corrected chi connectivity index (χ2v) is 8.52. The van der Waals surface area contributed by atoms with E-state index in [1.165, 1.54) is 11.8 Å².